The van der Waals surface area contributed by atoms with Crippen molar-refractivity contribution in [2.45, 2.75) is 6.42 Å². The zero-order valence-electron chi connectivity index (χ0n) is 10.2. The standard InChI is InChI=1S/C15H16BrNO/c16-14-3-1-13-8-15(4-2-12(13)7-14)17-9-11-5-6-18-10-11/h1-4,7-8,11,17H,5-6,9-10H2. The number of hydrogen-bond acceptors (Lipinski definition) is 2. The molecule has 0 amide bonds. The number of ether oxygens (including phenoxy) is 1. The van der Waals surface area contributed by atoms with Gasteiger partial charge in [-0.15, -0.1) is 0 Å². The van der Waals surface area contributed by atoms with Crippen LogP contribution in [0.15, 0.2) is 40.9 Å². The zero-order chi connectivity index (χ0) is 12.4. The lowest BCUT2D eigenvalue weighted by atomic mass is 10.1. The van der Waals surface area contributed by atoms with Crippen LogP contribution in [0.4, 0.5) is 5.69 Å². The van der Waals surface area contributed by atoms with Crippen LogP contribution in [-0.2, 0) is 4.74 Å². The maximum Gasteiger partial charge on any atom is 0.0511 e. The van der Waals surface area contributed by atoms with Gasteiger partial charge in [0.25, 0.3) is 0 Å². The predicted molar refractivity (Wildman–Crippen MR) is 79.1 cm³/mol. The fourth-order valence-electron chi connectivity index (χ4n) is 2.33. The third kappa shape index (κ3) is 2.68. The largest absolute Gasteiger partial charge is 0.385 e. The Morgan fingerprint density at radius 1 is 1.17 bits per heavy atom. The smallest absolute Gasteiger partial charge is 0.0511 e. The summed E-state index contributed by atoms with van der Waals surface area (Å²) in [5, 5.41) is 6.03. The second kappa shape index (κ2) is 5.29. The maximum atomic E-state index is 5.38. The highest BCUT2D eigenvalue weighted by Crippen LogP contribution is 2.23. The van der Waals surface area contributed by atoms with E-state index >= 15 is 0 Å². The summed E-state index contributed by atoms with van der Waals surface area (Å²) in [5.74, 6) is 0.658. The molecule has 2 aromatic rings. The Labute approximate surface area is 115 Å². The molecule has 1 aliphatic rings. The van der Waals surface area contributed by atoms with Crippen molar-refractivity contribution in [3.05, 3.63) is 40.9 Å². The van der Waals surface area contributed by atoms with Gasteiger partial charge in [-0.2, -0.15) is 0 Å². The number of rotatable bonds is 3. The molecule has 0 spiro atoms. The highest BCUT2D eigenvalue weighted by Gasteiger charge is 2.14. The fraction of sp³-hybridized carbons (Fsp3) is 0.333. The maximum absolute atomic E-state index is 5.38. The quantitative estimate of drug-likeness (QED) is 0.923. The van der Waals surface area contributed by atoms with Crippen molar-refractivity contribution in [3.8, 4) is 0 Å². The lowest BCUT2D eigenvalue weighted by Gasteiger charge is -2.11. The number of nitrogens with one attached hydrogen (secondary N) is 1. The summed E-state index contributed by atoms with van der Waals surface area (Å²) < 4.78 is 6.51. The van der Waals surface area contributed by atoms with Crippen LogP contribution in [0.3, 0.4) is 0 Å². The summed E-state index contributed by atoms with van der Waals surface area (Å²) in [5.41, 5.74) is 1.19. The van der Waals surface area contributed by atoms with Gasteiger partial charge in [0.05, 0.1) is 6.61 Å². The van der Waals surface area contributed by atoms with Crippen molar-refractivity contribution in [1.82, 2.24) is 0 Å². The molecule has 2 nitrogen and oxygen atoms in total. The molecule has 18 heavy (non-hydrogen) atoms. The Hall–Kier alpha value is -1.06. The summed E-state index contributed by atoms with van der Waals surface area (Å²) in [6.07, 6.45) is 1.17. The van der Waals surface area contributed by atoms with Gasteiger partial charge in [0.2, 0.25) is 0 Å². The Bertz CT molecular complexity index is 549. The zero-order valence-corrected chi connectivity index (χ0v) is 11.7. The molecular formula is C15H16BrNO. The number of benzene rings is 2. The summed E-state index contributed by atoms with van der Waals surface area (Å²) in [6.45, 7) is 2.81. The molecule has 3 rings (SSSR count). The first kappa shape index (κ1) is 12.0. The van der Waals surface area contributed by atoms with Crippen LogP contribution in [0.1, 0.15) is 6.42 Å². The Morgan fingerprint density at radius 2 is 2.00 bits per heavy atom. The summed E-state index contributed by atoms with van der Waals surface area (Å²) in [6, 6.07) is 12.9. The molecule has 1 fully saturated rings. The minimum atomic E-state index is 0.658. The van der Waals surface area contributed by atoms with Gasteiger partial charge in [0, 0.05) is 29.2 Å². The number of anilines is 1. The third-order valence-corrected chi connectivity index (χ3v) is 3.91. The predicted octanol–water partition coefficient (Wildman–Crippen LogP) is 4.05. The van der Waals surface area contributed by atoms with Crippen LogP contribution in [0.5, 0.6) is 0 Å². The van der Waals surface area contributed by atoms with E-state index in [1.165, 1.54) is 22.9 Å². The van der Waals surface area contributed by atoms with Gasteiger partial charge in [0.15, 0.2) is 0 Å². The van der Waals surface area contributed by atoms with Crippen molar-refractivity contribution >= 4 is 32.4 Å². The molecule has 1 unspecified atom stereocenters. The van der Waals surface area contributed by atoms with E-state index in [-0.39, 0.29) is 0 Å². The van der Waals surface area contributed by atoms with Crippen LogP contribution < -0.4 is 5.32 Å². The van der Waals surface area contributed by atoms with Crippen LogP contribution in [-0.4, -0.2) is 19.8 Å². The fourth-order valence-corrected chi connectivity index (χ4v) is 2.71. The van der Waals surface area contributed by atoms with Crippen LogP contribution in [0, 0.1) is 5.92 Å². The number of halogens is 1. The summed E-state index contributed by atoms with van der Waals surface area (Å²) >= 11 is 3.50. The highest BCUT2D eigenvalue weighted by atomic mass is 79.9. The molecule has 1 N–H and O–H groups in total. The van der Waals surface area contributed by atoms with Gasteiger partial charge in [-0.1, -0.05) is 28.1 Å². The molecule has 0 bridgehead atoms. The topological polar surface area (TPSA) is 21.3 Å². The van der Waals surface area contributed by atoms with Gasteiger partial charge >= 0.3 is 0 Å². The van der Waals surface area contributed by atoms with Crippen molar-refractivity contribution in [2.24, 2.45) is 5.92 Å². The molecule has 1 heterocycles. The summed E-state index contributed by atoms with van der Waals surface area (Å²) in [4.78, 5) is 0. The summed E-state index contributed by atoms with van der Waals surface area (Å²) in [7, 11) is 0. The molecule has 0 aromatic heterocycles. The van der Waals surface area contributed by atoms with Gasteiger partial charge in [-0.05, 0) is 41.5 Å². The molecular weight excluding hydrogens is 290 g/mol. The van der Waals surface area contributed by atoms with E-state index in [1.54, 1.807) is 0 Å². The molecule has 0 aliphatic carbocycles. The Kier molecular flexibility index (Phi) is 3.52. The average molecular weight is 306 g/mol. The van der Waals surface area contributed by atoms with Gasteiger partial charge in [0.1, 0.15) is 0 Å². The molecule has 0 saturated carbocycles. The molecule has 1 atom stereocenters. The van der Waals surface area contributed by atoms with Crippen LogP contribution >= 0.6 is 15.9 Å². The van der Waals surface area contributed by atoms with E-state index in [9.17, 15) is 0 Å². The highest BCUT2D eigenvalue weighted by molar-refractivity contribution is 9.10. The monoisotopic (exact) mass is 305 g/mol. The number of fused-ring (bicyclic) bond motifs is 1. The van der Waals surface area contributed by atoms with E-state index in [4.69, 9.17) is 4.74 Å². The minimum absolute atomic E-state index is 0.658. The normalized spacial score (nSPS) is 19.3. The van der Waals surface area contributed by atoms with Crippen molar-refractivity contribution in [3.63, 3.8) is 0 Å². The second-order valence-corrected chi connectivity index (χ2v) is 5.73. The van der Waals surface area contributed by atoms with Crippen molar-refractivity contribution in [2.75, 3.05) is 25.1 Å². The van der Waals surface area contributed by atoms with E-state index in [0.717, 1.165) is 24.2 Å². The van der Waals surface area contributed by atoms with E-state index in [2.05, 4.69) is 57.6 Å². The molecule has 1 aliphatic heterocycles. The molecule has 3 heteroatoms. The lowest BCUT2D eigenvalue weighted by Crippen LogP contribution is -2.13. The Morgan fingerprint density at radius 3 is 2.83 bits per heavy atom. The van der Waals surface area contributed by atoms with Crippen molar-refractivity contribution in [1.29, 1.82) is 0 Å². The first-order valence-corrected chi connectivity index (χ1v) is 7.11. The third-order valence-electron chi connectivity index (χ3n) is 3.42. The number of hydrogen-bond donors (Lipinski definition) is 1. The van der Waals surface area contributed by atoms with Crippen molar-refractivity contribution < 1.29 is 4.74 Å². The molecule has 2 aromatic carbocycles. The molecule has 0 radical (unpaired) electrons. The second-order valence-electron chi connectivity index (χ2n) is 4.82. The van der Waals surface area contributed by atoms with Crippen LogP contribution in [0.25, 0.3) is 10.8 Å². The van der Waals surface area contributed by atoms with E-state index in [0.29, 0.717) is 5.92 Å². The Balaban J connectivity index is 1.74. The molecule has 94 valence electrons. The SMILES string of the molecule is Brc1ccc2cc(NCC3CCOC3)ccc2c1. The average Bonchev–Trinajstić information content (AvgIpc) is 2.89. The van der Waals surface area contributed by atoms with E-state index < -0.39 is 0 Å². The van der Waals surface area contributed by atoms with Crippen LogP contribution in [0.2, 0.25) is 0 Å². The lowest BCUT2D eigenvalue weighted by molar-refractivity contribution is 0.187. The minimum Gasteiger partial charge on any atom is -0.385 e. The van der Waals surface area contributed by atoms with Gasteiger partial charge < -0.3 is 10.1 Å². The van der Waals surface area contributed by atoms with E-state index in [1.807, 2.05) is 0 Å². The van der Waals surface area contributed by atoms with Gasteiger partial charge in [-0.3, -0.25) is 0 Å². The van der Waals surface area contributed by atoms with Gasteiger partial charge in [-0.25, -0.2) is 0 Å². The molecule has 1 saturated heterocycles. The first-order valence-electron chi connectivity index (χ1n) is 6.32. The first-order chi connectivity index (χ1) is 8.81.